The summed E-state index contributed by atoms with van der Waals surface area (Å²) in [4.78, 5) is 58.0. The van der Waals surface area contributed by atoms with Crippen molar-refractivity contribution in [1.82, 2.24) is 30.2 Å². The number of alkyl halides is 1. The summed E-state index contributed by atoms with van der Waals surface area (Å²) in [7, 11) is 0. The number of nitrogens with one attached hydrogen (secondary N) is 2. The molecule has 2 heterocycles. The predicted molar refractivity (Wildman–Crippen MR) is 324 cm³/mol. The van der Waals surface area contributed by atoms with E-state index in [-0.39, 0.29) is 30.4 Å². The summed E-state index contributed by atoms with van der Waals surface area (Å²) >= 11 is 3.26. The normalized spacial score (nSPS) is 17.5. The van der Waals surface area contributed by atoms with E-state index < -0.39 is 71.4 Å². The monoisotopic (exact) mass is 1220 g/mol. The number of carbonyl (C=O) groups excluding carboxylic acids is 4. The smallest absolute Gasteiger partial charge is 0.410 e. The van der Waals surface area contributed by atoms with Crippen LogP contribution in [0, 0.1) is 11.6 Å². The Morgan fingerprint density at radius 2 is 1.04 bits per heavy atom. The lowest BCUT2D eigenvalue weighted by molar-refractivity contribution is -0.122. The van der Waals surface area contributed by atoms with Crippen molar-refractivity contribution in [1.29, 1.82) is 0 Å². The summed E-state index contributed by atoms with van der Waals surface area (Å²) in [6, 6.07) is 24.9. The van der Waals surface area contributed by atoms with Crippen LogP contribution in [0.25, 0.3) is 0 Å². The van der Waals surface area contributed by atoms with E-state index in [1.165, 1.54) is 43.0 Å². The molecular weight excluding hydrogens is 1130 g/mol. The molecular formula is C64H89BrF2N6O10. The fraction of sp³-hybridized carbons (Fsp3) is 0.500. The summed E-state index contributed by atoms with van der Waals surface area (Å²) in [5.41, 5.74) is 1.75. The van der Waals surface area contributed by atoms with Crippen LogP contribution in [0.4, 0.5) is 18.4 Å². The lowest BCUT2D eigenvalue weighted by atomic mass is 9.93. The van der Waals surface area contributed by atoms with Gasteiger partial charge in [-0.25, -0.2) is 18.4 Å². The number of rotatable bonds is 20. The zero-order chi connectivity index (χ0) is 61.3. The number of amides is 4. The average molecular weight is 1220 g/mol. The molecule has 4 aromatic rings. The fourth-order valence-electron chi connectivity index (χ4n) is 9.65. The number of aliphatic hydroxyl groups is 2. The Hall–Kier alpha value is -6.38. The SMILES string of the molecule is CC(=O)N[C@@H](Cc1cc(O)cc(F)c1)[C@H](O)[C@H]1CN(Cc2ccccc2)CCN1C(=O)OC(C)(C)C.CC/C=C/CBr.CC/C=C/COc1cc(F)cc(C[C@H](NC(C)=O)[C@H](O)[C@H]2CN(Cc3ccccc3)CCN2C(=O)OC(C)(C)C)c1. The number of allylic oxidation sites excluding steroid dienone is 3. The van der Waals surface area contributed by atoms with Crippen molar-refractivity contribution in [2.45, 2.75) is 156 Å². The minimum atomic E-state index is -1.19. The van der Waals surface area contributed by atoms with Crippen LogP contribution in [0.1, 0.15) is 104 Å². The van der Waals surface area contributed by atoms with Gasteiger partial charge in [0.05, 0.1) is 36.4 Å². The number of ether oxygens (including phenoxy) is 3. The van der Waals surface area contributed by atoms with Crippen molar-refractivity contribution >= 4 is 39.9 Å². The van der Waals surface area contributed by atoms with Crippen molar-refractivity contribution < 1.29 is 57.5 Å². The lowest BCUT2D eigenvalue weighted by Crippen LogP contribution is -2.64. The third-order valence-corrected chi connectivity index (χ3v) is 13.5. The summed E-state index contributed by atoms with van der Waals surface area (Å²) in [5.74, 6) is -1.70. The van der Waals surface area contributed by atoms with Crippen LogP contribution in [0.3, 0.4) is 0 Å². The number of hydrogen-bond acceptors (Lipinski definition) is 12. The van der Waals surface area contributed by atoms with Crippen LogP contribution >= 0.6 is 15.9 Å². The van der Waals surface area contributed by atoms with Crippen LogP contribution in [0.2, 0.25) is 0 Å². The van der Waals surface area contributed by atoms with Crippen molar-refractivity contribution in [3.05, 3.63) is 155 Å². The van der Waals surface area contributed by atoms with E-state index in [1.54, 1.807) is 52.5 Å². The highest BCUT2D eigenvalue weighted by molar-refractivity contribution is 9.09. The van der Waals surface area contributed by atoms with Crippen LogP contribution in [0.15, 0.2) is 121 Å². The average Bonchev–Trinajstić information content (AvgIpc) is 3.21. The summed E-state index contributed by atoms with van der Waals surface area (Å²) < 4.78 is 45.4. The number of carbonyl (C=O) groups is 4. The second kappa shape index (κ2) is 34.4. The van der Waals surface area contributed by atoms with Gasteiger partial charge in [0.1, 0.15) is 40.9 Å². The summed E-state index contributed by atoms with van der Waals surface area (Å²) in [5, 5.41) is 39.7. The van der Waals surface area contributed by atoms with Crippen molar-refractivity contribution in [3.8, 4) is 11.5 Å². The Morgan fingerprint density at radius 3 is 1.42 bits per heavy atom. The maximum atomic E-state index is 14.5. The first-order valence-electron chi connectivity index (χ1n) is 28.5. The van der Waals surface area contributed by atoms with Crippen LogP contribution < -0.4 is 15.4 Å². The van der Waals surface area contributed by atoms with E-state index in [1.807, 2.05) is 79.7 Å². The highest BCUT2D eigenvalue weighted by Crippen LogP contribution is 2.27. The molecule has 0 unspecified atom stereocenters. The van der Waals surface area contributed by atoms with E-state index in [0.717, 1.165) is 35.4 Å². The van der Waals surface area contributed by atoms with Gasteiger partial charge in [-0.2, -0.15) is 0 Å². The van der Waals surface area contributed by atoms with Crippen LogP contribution in [0.5, 0.6) is 11.5 Å². The number of nitrogens with zero attached hydrogens (tertiary/aromatic N) is 4. The van der Waals surface area contributed by atoms with Gasteiger partial charge in [0.15, 0.2) is 0 Å². The molecule has 2 aliphatic rings. The third kappa shape index (κ3) is 25.6. The standard InChI is InChI=1S/C32H44FN3O5.C27H36FN3O5.C5H9Br/c1-6-7-11-16-40-27-18-25(17-26(33)20-27)19-28(34-23(2)37)30(38)29-22-35(21-24-12-9-8-10-13-24)14-15-36(29)31(39)41-32(3,4)5;1-18(32)29-23(14-20-12-21(28)15-22(33)13-20)25(34)24-17-30(16-19-8-6-5-7-9-19)10-11-31(24)26(35)36-27(2,3)4;1-2-3-4-5-6/h7-13,17-18,20,28-30,38H,6,14-16,19,21-22H2,1-5H3,(H,34,37);5-9,12-13,15,23-25,33-34H,10-11,14,16-17H2,1-4H3,(H,29,32);3-4H,2,5H2,1H3/b11-7+;;4-3+/t28-,29+,30-;23-,24+,25-;/m00./s1. The lowest BCUT2D eigenvalue weighted by Gasteiger charge is -2.45. The van der Waals surface area contributed by atoms with Gasteiger partial charge in [-0.1, -0.05) is 115 Å². The molecule has 456 valence electrons. The van der Waals surface area contributed by atoms with E-state index in [9.17, 15) is 43.3 Å². The first-order chi connectivity index (χ1) is 39.3. The van der Waals surface area contributed by atoms with Crippen LogP contribution in [-0.4, -0.2) is 158 Å². The molecule has 0 aromatic heterocycles. The molecule has 0 bridgehead atoms. The van der Waals surface area contributed by atoms with E-state index in [0.29, 0.717) is 75.8 Å². The number of piperazine rings is 2. The topological polar surface area (TPSA) is 194 Å². The maximum Gasteiger partial charge on any atom is 0.410 e. The van der Waals surface area contributed by atoms with E-state index in [2.05, 4.69) is 55.4 Å². The first kappa shape index (κ1) is 69.1. The molecule has 2 saturated heterocycles. The fourth-order valence-corrected chi connectivity index (χ4v) is 9.92. The van der Waals surface area contributed by atoms with Gasteiger partial charge in [-0.05, 0) is 114 Å². The number of aliphatic hydroxyl groups excluding tert-OH is 2. The zero-order valence-corrected chi connectivity index (χ0v) is 51.6. The molecule has 19 heteroatoms. The highest BCUT2D eigenvalue weighted by atomic mass is 79.9. The number of benzene rings is 4. The van der Waals surface area contributed by atoms with Gasteiger partial charge in [0.25, 0.3) is 0 Å². The van der Waals surface area contributed by atoms with Gasteiger partial charge < -0.3 is 40.2 Å². The number of halogens is 3. The van der Waals surface area contributed by atoms with Gasteiger partial charge in [0.2, 0.25) is 11.8 Å². The van der Waals surface area contributed by atoms with Crippen LogP contribution in [-0.2, 0) is 45.0 Å². The molecule has 2 aliphatic heterocycles. The molecule has 0 spiro atoms. The first-order valence-corrected chi connectivity index (χ1v) is 29.6. The minimum Gasteiger partial charge on any atom is -0.508 e. The molecule has 0 radical (unpaired) electrons. The molecule has 6 atom stereocenters. The van der Waals surface area contributed by atoms with Crippen molar-refractivity contribution in [3.63, 3.8) is 0 Å². The quantitative estimate of drug-likeness (QED) is 0.0416. The summed E-state index contributed by atoms with van der Waals surface area (Å²) in [6.07, 6.45) is 6.85. The number of hydrogen-bond donors (Lipinski definition) is 5. The second-order valence-corrected chi connectivity index (χ2v) is 23.4. The Kier molecular flexibility index (Phi) is 28.7. The number of aromatic hydroxyl groups is 1. The minimum absolute atomic E-state index is 0.0589. The Labute approximate surface area is 499 Å². The predicted octanol–water partition coefficient (Wildman–Crippen LogP) is 10.1. The Balaban J connectivity index is 0.000000326. The molecule has 0 saturated carbocycles. The van der Waals surface area contributed by atoms with Gasteiger partial charge in [0, 0.05) is 83.7 Å². The Bertz CT molecular complexity index is 2660. The third-order valence-electron chi connectivity index (χ3n) is 13.2. The molecule has 5 N–H and O–H groups in total. The largest absolute Gasteiger partial charge is 0.508 e. The highest BCUT2D eigenvalue weighted by Gasteiger charge is 2.42. The number of phenols is 1. The second-order valence-electron chi connectivity index (χ2n) is 22.8. The molecule has 16 nitrogen and oxygen atoms in total. The molecule has 0 aliphatic carbocycles. The molecule has 4 amide bonds. The van der Waals surface area contributed by atoms with Gasteiger partial charge >= 0.3 is 12.2 Å². The molecule has 6 rings (SSSR count). The summed E-state index contributed by atoms with van der Waals surface area (Å²) in [6.45, 7) is 21.7. The van der Waals surface area contributed by atoms with Gasteiger partial charge in [-0.15, -0.1) is 0 Å². The Morgan fingerprint density at radius 1 is 0.614 bits per heavy atom. The van der Waals surface area contributed by atoms with Crippen molar-refractivity contribution in [2.24, 2.45) is 0 Å². The van der Waals surface area contributed by atoms with Crippen molar-refractivity contribution in [2.75, 3.05) is 51.2 Å². The zero-order valence-electron chi connectivity index (χ0n) is 50.0. The van der Waals surface area contributed by atoms with E-state index >= 15 is 0 Å². The molecule has 83 heavy (non-hydrogen) atoms. The van der Waals surface area contributed by atoms with E-state index in [4.69, 9.17) is 14.2 Å². The maximum absolute atomic E-state index is 14.5. The molecule has 4 aromatic carbocycles. The van der Waals surface area contributed by atoms with Gasteiger partial charge in [-0.3, -0.25) is 29.2 Å². The number of phenolic OH excluding ortho intramolecular Hbond substituents is 1. The molecule has 2 fully saturated rings.